The van der Waals surface area contributed by atoms with Gasteiger partial charge in [0.2, 0.25) is 0 Å². The first kappa shape index (κ1) is 17.6. The van der Waals surface area contributed by atoms with Crippen molar-refractivity contribution in [1.29, 1.82) is 0 Å². The third kappa shape index (κ3) is 3.58. The molecule has 6 heteroatoms. The fourth-order valence-electron chi connectivity index (χ4n) is 3.49. The zero-order chi connectivity index (χ0) is 18.0. The summed E-state index contributed by atoms with van der Waals surface area (Å²) in [7, 11) is 4.08. The summed E-state index contributed by atoms with van der Waals surface area (Å²) in [5.41, 5.74) is 3.49. The van der Waals surface area contributed by atoms with E-state index in [1.54, 1.807) is 6.92 Å². The van der Waals surface area contributed by atoms with Crippen LogP contribution in [-0.4, -0.2) is 46.5 Å². The van der Waals surface area contributed by atoms with E-state index in [1.807, 2.05) is 32.1 Å². The van der Waals surface area contributed by atoms with E-state index in [0.717, 1.165) is 37.3 Å². The molecule has 3 heterocycles. The number of likely N-dealkylation sites (tertiary alicyclic amines) is 1. The maximum atomic E-state index is 13.1. The molecule has 1 aliphatic heterocycles. The molecule has 1 fully saturated rings. The van der Waals surface area contributed by atoms with Gasteiger partial charge in [0.1, 0.15) is 11.3 Å². The van der Waals surface area contributed by atoms with Crippen molar-refractivity contribution in [3.05, 3.63) is 46.6 Å². The van der Waals surface area contributed by atoms with E-state index >= 15 is 0 Å². The number of rotatable bonds is 5. The van der Waals surface area contributed by atoms with Crippen molar-refractivity contribution in [2.75, 3.05) is 20.6 Å². The Morgan fingerprint density at radius 2 is 2.20 bits per heavy atom. The van der Waals surface area contributed by atoms with Gasteiger partial charge in [-0.15, -0.1) is 0 Å². The Balaban J connectivity index is 1.82. The summed E-state index contributed by atoms with van der Waals surface area (Å²) < 4.78 is 5.24. The lowest BCUT2D eigenvalue weighted by atomic mass is 10.1. The number of amides is 1. The molecule has 0 spiro atoms. The minimum atomic E-state index is 0.0114. The molecule has 25 heavy (non-hydrogen) atoms. The number of aromatic nitrogens is 2. The molecule has 134 valence electrons. The largest absolute Gasteiger partial charge is 0.361 e. The smallest absolute Gasteiger partial charge is 0.259 e. The van der Waals surface area contributed by atoms with Gasteiger partial charge in [0.05, 0.1) is 17.4 Å². The van der Waals surface area contributed by atoms with Crippen LogP contribution in [0.25, 0.3) is 0 Å². The Kier molecular flexibility index (Phi) is 5.18. The fourth-order valence-corrected chi connectivity index (χ4v) is 3.49. The molecule has 1 unspecified atom stereocenters. The molecule has 0 N–H and O–H groups in total. The zero-order valence-electron chi connectivity index (χ0n) is 15.5. The van der Waals surface area contributed by atoms with Crippen LogP contribution >= 0.6 is 0 Å². The molecule has 1 amide bonds. The molecule has 0 aromatic carbocycles. The number of hydrogen-bond donors (Lipinski definition) is 0. The minimum Gasteiger partial charge on any atom is -0.361 e. The summed E-state index contributed by atoms with van der Waals surface area (Å²) >= 11 is 0. The molecular formula is C19H26N4O2. The first-order valence-corrected chi connectivity index (χ1v) is 8.87. The molecule has 3 rings (SSSR count). The van der Waals surface area contributed by atoms with Crippen molar-refractivity contribution in [3.63, 3.8) is 0 Å². The van der Waals surface area contributed by atoms with E-state index in [1.165, 1.54) is 5.56 Å². The average Bonchev–Trinajstić information content (AvgIpc) is 3.21. The highest BCUT2D eigenvalue weighted by molar-refractivity contribution is 5.96. The average molecular weight is 342 g/mol. The molecule has 1 saturated heterocycles. The van der Waals surface area contributed by atoms with Crippen molar-refractivity contribution in [1.82, 2.24) is 19.9 Å². The molecular weight excluding hydrogens is 316 g/mol. The van der Waals surface area contributed by atoms with Crippen LogP contribution in [0, 0.1) is 6.92 Å². The van der Waals surface area contributed by atoms with Gasteiger partial charge in [0.25, 0.3) is 5.91 Å². The second-order valence-electron chi connectivity index (χ2n) is 6.90. The van der Waals surface area contributed by atoms with Gasteiger partial charge >= 0.3 is 0 Å². The highest BCUT2D eigenvalue weighted by Gasteiger charge is 2.34. The van der Waals surface area contributed by atoms with Crippen LogP contribution in [0.4, 0.5) is 0 Å². The lowest BCUT2D eigenvalue weighted by molar-refractivity contribution is 0.0730. The van der Waals surface area contributed by atoms with Gasteiger partial charge in [-0.2, -0.15) is 0 Å². The van der Waals surface area contributed by atoms with E-state index in [9.17, 15) is 4.79 Å². The summed E-state index contributed by atoms with van der Waals surface area (Å²) in [5.74, 6) is 0.610. The summed E-state index contributed by atoms with van der Waals surface area (Å²) in [4.78, 5) is 21.8. The number of pyridine rings is 1. The van der Waals surface area contributed by atoms with E-state index in [0.29, 0.717) is 17.7 Å². The Hall–Kier alpha value is -2.21. The molecule has 0 aliphatic carbocycles. The quantitative estimate of drug-likeness (QED) is 0.836. The normalized spacial score (nSPS) is 17.5. The Bertz CT molecular complexity index is 736. The molecule has 1 atom stereocenters. The topological polar surface area (TPSA) is 62.5 Å². The first-order chi connectivity index (χ1) is 12.0. The van der Waals surface area contributed by atoms with Gasteiger partial charge in [-0.3, -0.25) is 9.78 Å². The summed E-state index contributed by atoms with van der Waals surface area (Å²) in [6.45, 7) is 5.40. The minimum absolute atomic E-state index is 0.0114. The van der Waals surface area contributed by atoms with E-state index in [4.69, 9.17) is 4.52 Å². The molecule has 0 bridgehead atoms. The first-order valence-electron chi connectivity index (χ1n) is 8.87. The summed E-state index contributed by atoms with van der Waals surface area (Å²) in [6, 6.07) is 4.18. The van der Waals surface area contributed by atoms with Crippen molar-refractivity contribution < 1.29 is 9.32 Å². The van der Waals surface area contributed by atoms with Crippen molar-refractivity contribution in [3.8, 4) is 0 Å². The Morgan fingerprint density at radius 3 is 2.84 bits per heavy atom. The van der Waals surface area contributed by atoms with Gasteiger partial charge in [-0.05, 0) is 51.9 Å². The van der Waals surface area contributed by atoms with Gasteiger partial charge in [0, 0.05) is 19.3 Å². The highest BCUT2D eigenvalue weighted by atomic mass is 16.5. The Morgan fingerprint density at radius 1 is 1.40 bits per heavy atom. The SMILES string of the molecule is CCc1noc(C)c1C(=O)N1CCCC1c1ccc(CN(C)C)cn1. The third-order valence-electron chi connectivity index (χ3n) is 4.68. The zero-order valence-corrected chi connectivity index (χ0v) is 15.5. The molecule has 2 aromatic heterocycles. The summed E-state index contributed by atoms with van der Waals surface area (Å²) in [6.07, 6.45) is 4.54. The highest BCUT2D eigenvalue weighted by Crippen LogP contribution is 2.33. The number of carbonyl (C=O) groups is 1. The van der Waals surface area contributed by atoms with Crippen LogP contribution in [0.3, 0.4) is 0 Å². The summed E-state index contributed by atoms with van der Waals surface area (Å²) in [5, 5.41) is 4.02. The number of carbonyl (C=O) groups excluding carboxylic acids is 1. The van der Waals surface area contributed by atoms with E-state index in [2.05, 4.69) is 27.2 Å². The fraction of sp³-hybridized carbons (Fsp3) is 0.526. The van der Waals surface area contributed by atoms with Crippen LogP contribution in [-0.2, 0) is 13.0 Å². The van der Waals surface area contributed by atoms with E-state index in [-0.39, 0.29) is 11.9 Å². The second-order valence-corrected chi connectivity index (χ2v) is 6.90. The molecule has 1 aliphatic rings. The van der Waals surface area contributed by atoms with E-state index < -0.39 is 0 Å². The van der Waals surface area contributed by atoms with Crippen LogP contribution in [0.2, 0.25) is 0 Å². The van der Waals surface area contributed by atoms with Gasteiger partial charge in [-0.25, -0.2) is 0 Å². The molecule has 2 aromatic rings. The lowest BCUT2D eigenvalue weighted by Gasteiger charge is -2.24. The van der Waals surface area contributed by atoms with Crippen molar-refractivity contribution in [2.45, 2.75) is 45.7 Å². The van der Waals surface area contributed by atoms with Crippen LogP contribution in [0.15, 0.2) is 22.9 Å². The number of hydrogen-bond acceptors (Lipinski definition) is 5. The van der Waals surface area contributed by atoms with Gasteiger partial charge in [-0.1, -0.05) is 18.1 Å². The molecule has 0 saturated carbocycles. The molecule has 0 radical (unpaired) electrons. The van der Waals surface area contributed by atoms with Crippen LogP contribution in [0.1, 0.15) is 58.9 Å². The third-order valence-corrected chi connectivity index (χ3v) is 4.68. The monoisotopic (exact) mass is 342 g/mol. The molecule has 6 nitrogen and oxygen atoms in total. The van der Waals surface area contributed by atoms with Crippen molar-refractivity contribution >= 4 is 5.91 Å². The maximum absolute atomic E-state index is 13.1. The van der Waals surface area contributed by atoms with Crippen LogP contribution in [0.5, 0.6) is 0 Å². The van der Waals surface area contributed by atoms with Crippen LogP contribution < -0.4 is 0 Å². The van der Waals surface area contributed by atoms with Gasteiger partial charge < -0.3 is 14.3 Å². The number of aryl methyl sites for hydroxylation is 2. The second kappa shape index (κ2) is 7.35. The predicted molar refractivity (Wildman–Crippen MR) is 95.3 cm³/mol. The predicted octanol–water partition coefficient (Wildman–Crippen LogP) is 2.98. The Labute approximate surface area is 148 Å². The maximum Gasteiger partial charge on any atom is 0.259 e. The standard InChI is InChI=1S/C19H26N4O2/c1-5-15-18(13(2)25-21-15)19(24)23-10-6-7-17(23)16-9-8-14(11-20-16)12-22(3)4/h8-9,11,17H,5-7,10,12H2,1-4H3. The number of nitrogens with zero attached hydrogens (tertiary/aromatic N) is 4. The van der Waals surface area contributed by atoms with Crippen molar-refractivity contribution in [2.24, 2.45) is 0 Å². The van der Waals surface area contributed by atoms with Gasteiger partial charge in [0.15, 0.2) is 0 Å². The lowest BCUT2D eigenvalue weighted by Crippen LogP contribution is -2.31.